The summed E-state index contributed by atoms with van der Waals surface area (Å²) >= 11 is 0. The van der Waals surface area contributed by atoms with Crippen molar-refractivity contribution in [3.8, 4) is 0 Å². The predicted molar refractivity (Wildman–Crippen MR) is 75.4 cm³/mol. The number of aromatic nitrogens is 3. The summed E-state index contributed by atoms with van der Waals surface area (Å²) in [5, 5.41) is 9.75. The third-order valence-corrected chi connectivity index (χ3v) is 3.29. The number of ether oxygens (including phenoxy) is 1. The number of aliphatic hydroxyl groups is 1. The molecule has 1 aromatic rings. The van der Waals surface area contributed by atoms with Gasteiger partial charge in [-0.2, -0.15) is 15.0 Å². The van der Waals surface area contributed by atoms with Crippen LogP contribution in [0.5, 0.6) is 0 Å². The third kappa shape index (κ3) is 3.56. The molecule has 1 aliphatic heterocycles. The fraction of sp³-hybridized carbons (Fsp3) is 0.667. The van der Waals surface area contributed by atoms with Gasteiger partial charge in [-0.25, -0.2) is 0 Å². The lowest BCUT2D eigenvalue weighted by Gasteiger charge is -2.21. The van der Waals surface area contributed by atoms with Gasteiger partial charge in [0.1, 0.15) is 11.9 Å². The smallest absolute Gasteiger partial charge is 0.323 e. The van der Waals surface area contributed by atoms with Gasteiger partial charge in [0, 0.05) is 27.1 Å². The molecule has 0 radical (unpaired) electrons. The Bertz CT molecular complexity index is 524. The van der Waals surface area contributed by atoms with Gasteiger partial charge in [-0.1, -0.05) is 0 Å². The van der Waals surface area contributed by atoms with Crippen molar-refractivity contribution in [2.45, 2.75) is 25.1 Å². The van der Waals surface area contributed by atoms with Crippen LogP contribution >= 0.6 is 0 Å². The van der Waals surface area contributed by atoms with E-state index in [1.165, 1.54) is 7.11 Å². The van der Waals surface area contributed by atoms with Gasteiger partial charge in [0.25, 0.3) is 0 Å². The van der Waals surface area contributed by atoms with E-state index < -0.39 is 12.1 Å². The van der Waals surface area contributed by atoms with Crippen LogP contribution < -0.4 is 10.6 Å². The molecule has 0 saturated carbocycles. The maximum atomic E-state index is 11.7. The molecular formula is C12H20N6O3. The van der Waals surface area contributed by atoms with Crippen molar-refractivity contribution in [1.82, 2.24) is 19.9 Å². The first kappa shape index (κ1) is 15.4. The number of hydrogen-bond donors (Lipinski definition) is 2. The van der Waals surface area contributed by atoms with E-state index in [4.69, 9.17) is 10.5 Å². The summed E-state index contributed by atoms with van der Waals surface area (Å²) in [4.78, 5) is 27.6. The summed E-state index contributed by atoms with van der Waals surface area (Å²) in [5.74, 6) is 0.653. The lowest BCUT2D eigenvalue weighted by molar-refractivity contribution is -0.146. The molecule has 0 aromatic carbocycles. The van der Waals surface area contributed by atoms with Crippen molar-refractivity contribution >= 4 is 17.9 Å². The lowest BCUT2D eigenvalue weighted by atomic mass is 10.2. The fourth-order valence-electron chi connectivity index (χ4n) is 2.31. The monoisotopic (exact) mass is 296 g/mol. The molecule has 2 atom stereocenters. The fourth-order valence-corrected chi connectivity index (χ4v) is 2.31. The number of anilines is 2. The second kappa shape index (κ2) is 6.19. The Kier molecular flexibility index (Phi) is 4.53. The van der Waals surface area contributed by atoms with Crippen molar-refractivity contribution in [3.05, 3.63) is 5.82 Å². The zero-order valence-corrected chi connectivity index (χ0v) is 12.4. The summed E-state index contributed by atoms with van der Waals surface area (Å²) in [5.41, 5.74) is 5.67. The molecule has 116 valence electrons. The van der Waals surface area contributed by atoms with Crippen LogP contribution in [0.1, 0.15) is 12.2 Å². The number of esters is 1. The van der Waals surface area contributed by atoms with Gasteiger partial charge in [-0.05, 0) is 0 Å². The van der Waals surface area contributed by atoms with Crippen molar-refractivity contribution in [2.24, 2.45) is 0 Å². The average molecular weight is 296 g/mol. The van der Waals surface area contributed by atoms with Crippen LogP contribution in [-0.4, -0.2) is 70.8 Å². The van der Waals surface area contributed by atoms with Crippen LogP contribution in [0, 0.1) is 0 Å². The topological polar surface area (TPSA) is 118 Å². The Hall–Kier alpha value is -2.00. The highest BCUT2D eigenvalue weighted by Gasteiger charge is 2.37. The molecule has 9 nitrogen and oxygen atoms in total. The maximum Gasteiger partial charge on any atom is 0.323 e. The van der Waals surface area contributed by atoms with Gasteiger partial charge in [0.2, 0.25) is 11.9 Å². The number of carbonyl (C=O) groups excluding carboxylic acids is 1. The van der Waals surface area contributed by atoms with Crippen LogP contribution in [0.3, 0.4) is 0 Å². The maximum absolute atomic E-state index is 11.7. The van der Waals surface area contributed by atoms with E-state index in [0.29, 0.717) is 31.3 Å². The van der Waals surface area contributed by atoms with Crippen LogP contribution in [0.25, 0.3) is 0 Å². The van der Waals surface area contributed by atoms with Crippen molar-refractivity contribution < 1.29 is 14.6 Å². The molecular weight excluding hydrogens is 276 g/mol. The van der Waals surface area contributed by atoms with Gasteiger partial charge in [0.05, 0.1) is 19.8 Å². The number of carbonyl (C=O) groups is 1. The highest BCUT2D eigenvalue weighted by Crippen LogP contribution is 2.21. The number of methoxy groups -OCH3 is 1. The zero-order chi connectivity index (χ0) is 15.6. The van der Waals surface area contributed by atoms with Crippen LogP contribution in [0.4, 0.5) is 11.9 Å². The summed E-state index contributed by atoms with van der Waals surface area (Å²) < 4.78 is 4.76. The molecule has 21 heavy (non-hydrogen) atoms. The SMILES string of the molecule is COC(=O)C1CC(O)CN1Cc1nc(N)nc(N(C)C)n1. The molecule has 1 saturated heterocycles. The predicted octanol–water partition coefficient (Wildman–Crippen LogP) is -1.37. The first-order valence-corrected chi connectivity index (χ1v) is 6.58. The standard InChI is InChI=1S/C12H20N6O3/c1-17(2)12-15-9(14-11(13)16-12)6-18-5-7(19)4-8(18)10(20)21-3/h7-8,19H,4-6H2,1-3H3,(H2,13,14,15,16). The van der Waals surface area contributed by atoms with Gasteiger partial charge in [-0.15, -0.1) is 0 Å². The second-order valence-corrected chi connectivity index (χ2v) is 5.16. The normalized spacial score (nSPS) is 22.3. The number of likely N-dealkylation sites (tertiary alicyclic amines) is 1. The Morgan fingerprint density at radius 2 is 2.19 bits per heavy atom. The molecule has 0 bridgehead atoms. The molecule has 3 N–H and O–H groups in total. The minimum absolute atomic E-state index is 0.123. The van der Waals surface area contributed by atoms with E-state index in [9.17, 15) is 9.90 Å². The number of nitrogen functional groups attached to an aromatic ring is 1. The van der Waals surface area contributed by atoms with E-state index >= 15 is 0 Å². The van der Waals surface area contributed by atoms with E-state index in [2.05, 4.69) is 15.0 Å². The minimum Gasteiger partial charge on any atom is -0.468 e. The summed E-state index contributed by atoms with van der Waals surface area (Å²) in [6, 6.07) is -0.495. The Balaban J connectivity index is 2.18. The summed E-state index contributed by atoms with van der Waals surface area (Å²) in [6.45, 7) is 0.660. The molecule has 0 spiro atoms. The van der Waals surface area contributed by atoms with Crippen molar-refractivity contribution in [3.63, 3.8) is 0 Å². The van der Waals surface area contributed by atoms with Gasteiger partial charge < -0.3 is 20.5 Å². The highest BCUT2D eigenvalue weighted by molar-refractivity contribution is 5.76. The zero-order valence-electron chi connectivity index (χ0n) is 12.4. The third-order valence-electron chi connectivity index (χ3n) is 3.29. The minimum atomic E-state index is -0.568. The van der Waals surface area contributed by atoms with E-state index in [-0.39, 0.29) is 11.9 Å². The molecule has 1 fully saturated rings. The van der Waals surface area contributed by atoms with Crippen molar-refractivity contribution in [2.75, 3.05) is 38.4 Å². The van der Waals surface area contributed by atoms with Crippen LogP contribution in [0.2, 0.25) is 0 Å². The average Bonchev–Trinajstić information content (AvgIpc) is 2.78. The molecule has 2 heterocycles. The molecule has 9 heteroatoms. The van der Waals surface area contributed by atoms with E-state index in [0.717, 1.165) is 0 Å². The first-order chi connectivity index (χ1) is 9.90. The molecule has 2 unspecified atom stereocenters. The van der Waals surface area contributed by atoms with Crippen LogP contribution in [-0.2, 0) is 16.1 Å². The first-order valence-electron chi connectivity index (χ1n) is 6.58. The number of rotatable bonds is 4. The number of hydrogen-bond acceptors (Lipinski definition) is 9. The largest absolute Gasteiger partial charge is 0.468 e. The quantitative estimate of drug-likeness (QED) is 0.648. The number of β-amino-alcohol motifs (C(OH)–C–C–N with tert-alkyl or cyclic N) is 1. The Labute approximate surface area is 122 Å². The second-order valence-electron chi connectivity index (χ2n) is 5.16. The molecule has 2 rings (SSSR count). The summed E-state index contributed by atoms with van der Waals surface area (Å²) in [6.07, 6.45) is -0.227. The summed E-state index contributed by atoms with van der Waals surface area (Å²) in [7, 11) is 4.93. The Morgan fingerprint density at radius 1 is 1.48 bits per heavy atom. The molecule has 0 amide bonds. The van der Waals surface area contributed by atoms with Crippen molar-refractivity contribution in [1.29, 1.82) is 0 Å². The van der Waals surface area contributed by atoms with E-state index in [1.807, 2.05) is 0 Å². The number of nitrogens with two attached hydrogens (primary N) is 1. The van der Waals surface area contributed by atoms with Gasteiger partial charge in [-0.3, -0.25) is 9.69 Å². The van der Waals surface area contributed by atoms with Crippen LogP contribution in [0.15, 0.2) is 0 Å². The lowest BCUT2D eigenvalue weighted by Crippen LogP contribution is -2.37. The highest BCUT2D eigenvalue weighted by atomic mass is 16.5. The van der Waals surface area contributed by atoms with Gasteiger partial charge in [0.15, 0.2) is 0 Å². The van der Waals surface area contributed by atoms with Gasteiger partial charge >= 0.3 is 5.97 Å². The Morgan fingerprint density at radius 3 is 2.81 bits per heavy atom. The molecule has 1 aliphatic rings. The molecule has 1 aromatic heterocycles. The molecule has 0 aliphatic carbocycles. The number of nitrogens with zero attached hydrogens (tertiary/aromatic N) is 5. The number of aliphatic hydroxyl groups excluding tert-OH is 1. The van der Waals surface area contributed by atoms with E-state index in [1.54, 1.807) is 23.9 Å².